The van der Waals surface area contributed by atoms with E-state index < -0.39 is 0 Å². The fraction of sp³-hybridized carbons (Fsp3) is 0.286. The zero-order valence-corrected chi connectivity index (χ0v) is 10.7. The van der Waals surface area contributed by atoms with E-state index in [2.05, 4.69) is 33.7 Å². The first-order valence-corrected chi connectivity index (χ1v) is 7.06. The van der Waals surface area contributed by atoms with E-state index in [0.29, 0.717) is 5.92 Å². The van der Waals surface area contributed by atoms with Crippen molar-refractivity contribution in [3.8, 4) is 0 Å². The average Bonchev–Trinajstić information content (AvgIpc) is 2.93. The van der Waals surface area contributed by atoms with Crippen LogP contribution in [0.4, 0.5) is 5.13 Å². The lowest BCUT2D eigenvalue weighted by Crippen LogP contribution is -2.33. The van der Waals surface area contributed by atoms with Gasteiger partial charge in [-0.1, -0.05) is 35.6 Å². The topological polar surface area (TPSA) is 37.3 Å². The van der Waals surface area contributed by atoms with E-state index in [-0.39, 0.29) is 0 Å². The molecule has 0 radical (unpaired) electrons. The molecule has 1 fully saturated rings. The van der Waals surface area contributed by atoms with Gasteiger partial charge in [0.1, 0.15) is 0 Å². The zero-order valence-electron chi connectivity index (χ0n) is 9.84. The van der Waals surface area contributed by atoms with Crippen LogP contribution < -0.4 is 5.43 Å². The van der Waals surface area contributed by atoms with Crippen molar-refractivity contribution in [2.45, 2.75) is 12.8 Å². The molecule has 0 bridgehead atoms. The maximum atomic E-state index is 4.51. The highest BCUT2D eigenvalue weighted by atomic mass is 32.1. The Morgan fingerprint density at radius 1 is 1.33 bits per heavy atom. The quantitative estimate of drug-likeness (QED) is 0.657. The molecule has 1 aromatic heterocycles. The number of nitrogens with zero attached hydrogens (tertiary/aromatic N) is 2. The number of aromatic nitrogens is 1. The van der Waals surface area contributed by atoms with Gasteiger partial charge in [-0.3, -0.25) is 5.43 Å². The molecule has 18 heavy (non-hydrogen) atoms. The zero-order chi connectivity index (χ0) is 11.9. The van der Waals surface area contributed by atoms with Crippen molar-refractivity contribution >= 4 is 32.4 Å². The van der Waals surface area contributed by atoms with Crippen LogP contribution >= 0.6 is 11.3 Å². The smallest absolute Gasteiger partial charge is 0.204 e. The van der Waals surface area contributed by atoms with E-state index in [0.717, 1.165) is 29.4 Å². The molecule has 4 heteroatoms. The molecule has 1 saturated carbocycles. The lowest BCUT2D eigenvalue weighted by molar-refractivity contribution is 0.466. The monoisotopic (exact) mass is 255 g/mol. The SMILES string of the molecule is C1=C[C@H]2C/C(=N\Nc3nc4ccccc4s3)[C@H]2C1. The van der Waals surface area contributed by atoms with Gasteiger partial charge in [-0.15, -0.1) is 0 Å². The number of nitrogens with one attached hydrogen (secondary N) is 1. The van der Waals surface area contributed by atoms with Crippen LogP contribution in [0, 0.1) is 11.8 Å². The highest BCUT2D eigenvalue weighted by Crippen LogP contribution is 2.40. The number of benzene rings is 1. The first-order chi connectivity index (χ1) is 8.90. The second kappa shape index (κ2) is 3.92. The molecule has 2 aliphatic rings. The number of rotatable bonds is 2. The summed E-state index contributed by atoms with van der Waals surface area (Å²) in [5, 5.41) is 5.40. The molecule has 0 aliphatic heterocycles. The van der Waals surface area contributed by atoms with Gasteiger partial charge < -0.3 is 0 Å². The molecule has 0 spiro atoms. The fourth-order valence-electron chi connectivity index (χ4n) is 2.70. The van der Waals surface area contributed by atoms with Crippen LogP contribution in [0.15, 0.2) is 41.5 Å². The number of anilines is 1. The maximum Gasteiger partial charge on any atom is 0.204 e. The number of allylic oxidation sites excluding steroid dienone is 2. The third kappa shape index (κ3) is 1.56. The van der Waals surface area contributed by atoms with Gasteiger partial charge in [0.2, 0.25) is 5.13 Å². The van der Waals surface area contributed by atoms with Crippen LogP contribution in [0.25, 0.3) is 10.2 Å². The maximum absolute atomic E-state index is 4.51. The summed E-state index contributed by atoms with van der Waals surface area (Å²) < 4.78 is 1.20. The molecule has 1 aromatic carbocycles. The van der Waals surface area contributed by atoms with Crippen molar-refractivity contribution < 1.29 is 0 Å². The van der Waals surface area contributed by atoms with Gasteiger partial charge in [-0.25, -0.2) is 4.98 Å². The lowest BCUT2D eigenvalue weighted by Gasteiger charge is -2.31. The van der Waals surface area contributed by atoms with Gasteiger partial charge in [0.05, 0.1) is 10.2 Å². The van der Waals surface area contributed by atoms with Crippen LogP contribution in [0.5, 0.6) is 0 Å². The summed E-state index contributed by atoms with van der Waals surface area (Å²) in [5.74, 6) is 1.41. The Balaban J connectivity index is 1.53. The average molecular weight is 255 g/mol. The summed E-state index contributed by atoms with van der Waals surface area (Å²) in [5.41, 5.74) is 5.45. The van der Waals surface area contributed by atoms with E-state index in [9.17, 15) is 0 Å². The minimum absolute atomic E-state index is 0.659. The summed E-state index contributed by atoms with van der Waals surface area (Å²) in [6.45, 7) is 0. The molecule has 0 amide bonds. The van der Waals surface area contributed by atoms with Crippen molar-refractivity contribution in [1.29, 1.82) is 0 Å². The van der Waals surface area contributed by atoms with Crippen LogP contribution in [0.1, 0.15) is 12.8 Å². The second-order valence-corrected chi connectivity index (χ2v) is 5.87. The number of thiazole rings is 1. The van der Waals surface area contributed by atoms with Crippen LogP contribution in [0.3, 0.4) is 0 Å². The Kier molecular flexibility index (Phi) is 2.23. The molecule has 1 N–H and O–H groups in total. The minimum atomic E-state index is 0.659. The molecule has 2 aromatic rings. The van der Waals surface area contributed by atoms with E-state index in [1.807, 2.05) is 18.2 Å². The molecule has 3 nitrogen and oxygen atoms in total. The Morgan fingerprint density at radius 2 is 2.28 bits per heavy atom. The van der Waals surface area contributed by atoms with E-state index in [1.165, 1.54) is 10.4 Å². The second-order valence-electron chi connectivity index (χ2n) is 4.84. The fourth-order valence-corrected chi connectivity index (χ4v) is 3.51. The lowest BCUT2D eigenvalue weighted by atomic mass is 9.74. The summed E-state index contributed by atoms with van der Waals surface area (Å²) in [4.78, 5) is 4.51. The van der Waals surface area contributed by atoms with E-state index in [1.54, 1.807) is 11.3 Å². The molecule has 4 rings (SSSR count). The first-order valence-electron chi connectivity index (χ1n) is 6.25. The summed E-state index contributed by atoms with van der Waals surface area (Å²) in [6.07, 6.45) is 6.86. The predicted molar refractivity (Wildman–Crippen MR) is 76.0 cm³/mol. The Morgan fingerprint density at radius 3 is 3.17 bits per heavy atom. The van der Waals surface area contributed by atoms with Crippen molar-refractivity contribution in [2.75, 3.05) is 5.43 Å². The largest absolute Gasteiger partial charge is 0.253 e. The highest BCUT2D eigenvalue weighted by molar-refractivity contribution is 7.22. The number of fused-ring (bicyclic) bond motifs is 2. The number of hydrazone groups is 1. The molecule has 0 unspecified atom stereocenters. The molecule has 2 atom stereocenters. The Hall–Kier alpha value is -1.68. The van der Waals surface area contributed by atoms with Crippen LogP contribution in [-0.2, 0) is 0 Å². The summed E-state index contributed by atoms with van der Waals surface area (Å²) in [6, 6.07) is 8.17. The number of hydrogen-bond acceptors (Lipinski definition) is 4. The minimum Gasteiger partial charge on any atom is -0.253 e. The molecular weight excluding hydrogens is 242 g/mol. The molecule has 90 valence electrons. The standard InChI is InChI=1S/C14H13N3S/c1-2-7-13-11(6-1)15-14(18-13)17-16-12-8-9-4-3-5-10(9)12/h1-4,6-7,9-10H,5,8H2,(H,15,17)/b16-12+/t9-,10-/m0/s1. The van der Waals surface area contributed by atoms with Crippen molar-refractivity contribution in [2.24, 2.45) is 16.9 Å². The molecular formula is C14H13N3S. The Labute approximate surface area is 109 Å². The van der Waals surface area contributed by atoms with E-state index in [4.69, 9.17) is 0 Å². The highest BCUT2D eigenvalue weighted by Gasteiger charge is 2.37. The van der Waals surface area contributed by atoms with Crippen molar-refractivity contribution in [3.05, 3.63) is 36.4 Å². The third-order valence-electron chi connectivity index (χ3n) is 3.75. The van der Waals surface area contributed by atoms with Crippen molar-refractivity contribution in [3.63, 3.8) is 0 Å². The number of hydrogen-bond donors (Lipinski definition) is 1. The van der Waals surface area contributed by atoms with Gasteiger partial charge >= 0.3 is 0 Å². The predicted octanol–water partition coefficient (Wildman–Crippen LogP) is 3.66. The van der Waals surface area contributed by atoms with Crippen LogP contribution in [0.2, 0.25) is 0 Å². The van der Waals surface area contributed by atoms with Crippen LogP contribution in [-0.4, -0.2) is 10.7 Å². The Bertz CT molecular complexity index is 623. The molecule has 0 saturated heterocycles. The summed E-state index contributed by atoms with van der Waals surface area (Å²) in [7, 11) is 0. The van der Waals surface area contributed by atoms with Gasteiger partial charge in [-0.2, -0.15) is 5.10 Å². The van der Waals surface area contributed by atoms with Gasteiger partial charge in [-0.05, 0) is 30.9 Å². The van der Waals surface area contributed by atoms with Gasteiger partial charge in [0.25, 0.3) is 0 Å². The normalized spacial score (nSPS) is 27.4. The van der Waals surface area contributed by atoms with E-state index >= 15 is 0 Å². The van der Waals surface area contributed by atoms with Crippen molar-refractivity contribution in [1.82, 2.24) is 4.98 Å². The third-order valence-corrected chi connectivity index (χ3v) is 4.69. The van der Waals surface area contributed by atoms with Gasteiger partial charge in [0, 0.05) is 11.6 Å². The van der Waals surface area contributed by atoms with Gasteiger partial charge in [0.15, 0.2) is 0 Å². The first kappa shape index (κ1) is 10.3. The number of para-hydroxylation sites is 1. The summed E-state index contributed by atoms with van der Waals surface area (Å²) >= 11 is 1.65. The molecule has 2 aliphatic carbocycles. The molecule has 1 heterocycles.